The number of fused-ring (bicyclic) bond motifs is 1. The molecular weight excluding hydrogens is 332 g/mol. The van der Waals surface area contributed by atoms with Gasteiger partial charge in [0.2, 0.25) is 0 Å². The number of halogens is 1. The van der Waals surface area contributed by atoms with Gasteiger partial charge in [-0.25, -0.2) is 13.4 Å². The summed E-state index contributed by atoms with van der Waals surface area (Å²) in [5.41, 5.74) is -0.223. The maximum absolute atomic E-state index is 12.8. The molecule has 1 N–H and O–H groups in total. The van der Waals surface area contributed by atoms with Crippen LogP contribution in [0.1, 0.15) is 37.8 Å². The molecule has 1 aromatic rings. The largest absolute Gasteiger partial charge is 0.390 e. The fourth-order valence-electron chi connectivity index (χ4n) is 3.47. The molecule has 1 aliphatic carbocycles. The molecule has 1 aromatic heterocycles. The third-order valence-corrected chi connectivity index (χ3v) is 8.41. The zero-order valence-corrected chi connectivity index (χ0v) is 14.3. The zero-order valence-electron chi connectivity index (χ0n) is 11.9. The summed E-state index contributed by atoms with van der Waals surface area (Å²) in [7, 11) is -3.56. The first kappa shape index (κ1) is 15.7. The minimum atomic E-state index is -3.56. The van der Waals surface area contributed by atoms with Crippen LogP contribution >= 0.6 is 22.9 Å². The van der Waals surface area contributed by atoms with Crippen molar-refractivity contribution in [2.24, 2.45) is 5.92 Å². The lowest BCUT2D eigenvalue weighted by molar-refractivity contribution is -0.0816. The van der Waals surface area contributed by atoms with Crippen molar-refractivity contribution in [1.29, 1.82) is 0 Å². The predicted octanol–water partition coefficient (Wildman–Crippen LogP) is 2.42. The molecule has 0 bridgehead atoms. The van der Waals surface area contributed by atoms with Gasteiger partial charge in [0, 0.05) is 19.0 Å². The van der Waals surface area contributed by atoms with Gasteiger partial charge >= 0.3 is 0 Å². The van der Waals surface area contributed by atoms with E-state index in [1.807, 2.05) is 0 Å². The van der Waals surface area contributed by atoms with E-state index in [0.29, 0.717) is 25.2 Å². The molecule has 2 heterocycles. The topological polar surface area (TPSA) is 70.5 Å². The van der Waals surface area contributed by atoms with E-state index in [0.717, 1.165) is 37.0 Å². The minimum absolute atomic E-state index is 0.0403. The summed E-state index contributed by atoms with van der Waals surface area (Å²) in [6, 6.07) is 0. The van der Waals surface area contributed by atoms with E-state index in [2.05, 4.69) is 4.98 Å². The van der Waals surface area contributed by atoms with E-state index in [1.165, 1.54) is 4.31 Å². The predicted molar refractivity (Wildman–Crippen MR) is 82.1 cm³/mol. The smallest absolute Gasteiger partial charge is 0.254 e. The molecule has 2 aliphatic rings. The number of sulfonamides is 1. The summed E-state index contributed by atoms with van der Waals surface area (Å²) >= 11 is 6.83. The molecule has 1 saturated carbocycles. The highest BCUT2D eigenvalue weighted by Crippen LogP contribution is 2.41. The molecule has 8 heteroatoms. The minimum Gasteiger partial charge on any atom is -0.390 e. The van der Waals surface area contributed by atoms with Crippen molar-refractivity contribution in [3.8, 4) is 0 Å². The SMILES string of the molecule is Cc1nc(Cl)sc1S(=O)(=O)N1CCC2(O)CCCCC2C1. The van der Waals surface area contributed by atoms with E-state index in [-0.39, 0.29) is 14.6 Å². The first-order valence-corrected chi connectivity index (χ1v) is 9.82. The van der Waals surface area contributed by atoms with Gasteiger partial charge in [-0.1, -0.05) is 35.8 Å². The van der Waals surface area contributed by atoms with Crippen LogP contribution in [0.2, 0.25) is 4.47 Å². The molecule has 0 radical (unpaired) electrons. The lowest BCUT2D eigenvalue weighted by Crippen LogP contribution is -2.54. The van der Waals surface area contributed by atoms with E-state index in [1.54, 1.807) is 6.92 Å². The Morgan fingerprint density at radius 1 is 1.43 bits per heavy atom. The molecule has 118 valence electrons. The second-order valence-corrected chi connectivity index (χ2v) is 9.71. The first-order valence-electron chi connectivity index (χ1n) is 7.18. The Labute approximate surface area is 134 Å². The van der Waals surface area contributed by atoms with E-state index < -0.39 is 15.6 Å². The number of aryl methyl sites for hydroxylation is 1. The fourth-order valence-corrected chi connectivity index (χ4v) is 6.83. The quantitative estimate of drug-likeness (QED) is 0.889. The summed E-state index contributed by atoms with van der Waals surface area (Å²) in [6.45, 7) is 2.42. The van der Waals surface area contributed by atoms with Gasteiger partial charge in [-0.15, -0.1) is 0 Å². The highest BCUT2D eigenvalue weighted by Gasteiger charge is 2.46. The molecule has 3 rings (SSSR count). The second kappa shape index (κ2) is 5.45. The lowest BCUT2D eigenvalue weighted by atomic mass is 9.72. The van der Waals surface area contributed by atoms with Gasteiger partial charge < -0.3 is 5.11 Å². The molecule has 0 spiro atoms. The molecule has 21 heavy (non-hydrogen) atoms. The first-order chi connectivity index (χ1) is 9.83. The van der Waals surface area contributed by atoms with Gasteiger partial charge in [0.25, 0.3) is 10.0 Å². The number of nitrogens with zero attached hydrogens (tertiary/aromatic N) is 2. The van der Waals surface area contributed by atoms with Crippen molar-refractivity contribution in [3.63, 3.8) is 0 Å². The van der Waals surface area contributed by atoms with Gasteiger partial charge in [0.05, 0.1) is 11.3 Å². The Morgan fingerprint density at radius 3 is 2.86 bits per heavy atom. The Bertz CT molecular complexity index is 646. The molecule has 2 unspecified atom stereocenters. The molecule has 2 atom stereocenters. The van der Waals surface area contributed by atoms with Gasteiger partial charge in [0.1, 0.15) is 0 Å². The van der Waals surface area contributed by atoms with Crippen molar-refractivity contribution in [3.05, 3.63) is 10.2 Å². The summed E-state index contributed by atoms with van der Waals surface area (Å²) < 4.78 is 27.5. The number of aromatic nitrogens is 1. The standard InChI is InChI=1S/C13H19ClN2O3S2/c1-9-11(20-12(14)15-9)21(18,19)16-7-6-13(17)5-3-2-4-10(13)8-16/h10,17H,2-8H2,1H3. The number of hydrogen-bond donors (Lipinski definition) is 1. The van der Waals surface area contributed by atoms with Crippen LogP contribution in [-0.4, -0.2) is 41.5 Å². The molecule has 1 saturated heterocycles. The maximum atomic E-state index is 12.8. The number of hydrogen-bond acceptors (Lipinski definition) is 5. The molecule has 0 aromatic carbocycles. The molecule has 0 amide bonds. The number of rotatable bonds is 2. The summed E-state index contributed by atoms with van der Waals surface area (Å²) in [5, 5.41) is 10.7. The normalized spacial score (nSPS) is 31.1. The Balaban J connectivity index is 1.86. The van der Waals surface area contributed by atoms with E-state index >= 15 is 0 Å². The van der Waals surface area contributed by atoms with Crippen molar-refractivity contribution in [2.75, 3.05) is 13.1 Å². The summed E-state index contributed by atoms with van der Waals surface area (Å²) in [4.78, 5) is 4.00. The monoisotopic (exact) mass is 350 g/mol. The molecule has 2 fully saturated rings. The van der Waals surface area contributed by atoms with E-state index in [9.17, 15) is 13.5 Å². The van der Waals surface area contributed by atoms with Crippen molar-refractivity contribution < 1.29 is 13.5 Å². The number of aliphatic hydroxyl groups is 1. The third-order valence-electron chi connectivity index (χ3n) is 4.69. The number of thiazole rings is 1. The Morgan fingerprint density at radius 2 is 2.19 bits per heavy atom. The zero-order chi connectivity index (χ0) is 15.3. The fraction of sp³-hybridized carbons (Fsp3) is 0.769. The van der Waals surface area contributed by atoms with Crippen LogP contribution in [0.4, 0.5) is 0 Å². The van der Waals surface area contributed by atoms with Crippen LogP contribution in [0.15, 0.2) is 4.21 Å². The van der Waals surface area contributed by atoms with Gasteiger partial charge in [-0.05, 0) is 26.2 Å². The van der Waals surface area contributed by atoms with Crippen LogP contribution in [0.25, 0.3) is 0 Å². The van der Waals surface area contributed by atoms with Crippen LogP contribution in [0.3, 0.4) is 0 Å². The Kier molecular flexibility index (Phi) is 4.07. The van der Waals surface area contributed by atoms with Crippen LogP contribution in [0, 0.1) is 12.8 Å². The van der Waals surface area contributed by atoms with Crippen molar-refractivity contribution >= 4 is 33.0 Å². The highest BCUT2D eigenvalue weighted by atomic mass is 35.5. The lowest BCUT2D eigenvalue weighted by Gasteiger charge is -2.46. The average molecular weight is 351 g/mol. The van der Waals surface area contributed by atoms with Crippen molar-refractivity contribution in [2.45, 2.75) is 48.8 Å². The average Bonchev–Trinajstić information content (AvgIpc) is 2.77. The molecule has 1 aliphatic heterocycles. The van der Waals surface area contributed by atoms with Gasteiger partial charge in [0.15, 0.2) is 8.68 Å². The van der Waals surface area contributed by atoms with Crippen LogP contribution in [0.5, 0.6) is 0 Å². The number of piperidine rings is 1. The summed E-state index contributed by atoms with van der Waals surface area (Å²) in [6.07, 6.45) is 4.29. The van der Waals surface area contributed by atoms with Crippen LogP contribution < -0.4 is 0 Å². The van der Waals surface area contributed by atoms with Gasteiger partial charge in [-0.3, -0.25) is 0 Å². The molecular formula is C13H19ClN2O3S2. The van der Waals surface area contributed by atoms with Gasteiger partial charge in [-0.2, -0.15) is 4.31 Å². The molecule has 5 nitrogen and oxygen atoms in total. The van der Waals surface area contributed by atoms with Crippen LogP contribution in [-0.2, 0) is 10.0 Å². The highest BCUT2D eigenvalue weighted by molar-refractivity contribution is 7.91. The Hall–Kier alpha value is -0.210. The second-order valence-electron chi connectivity index (χ2n) is 6.00. The van der Waals surface area contributed by atoms with E-state index in [4.69, 9.17) is 11.6 Å². The summed E-state index contributed by atoms with van der Waals surface area (Å²) in [5.74, 6) is 0.0403. The maximum Gasteiger partial charge on any atom is 0.254 e. The van der Waals surface area contributed by atoms with Crippen molar-refractivity contribution in [1.82, 2.24) is 9.29 Å². The third kappa shape index (κ3) is 2.74.